The molecule has 0 amide bonds. The molecule has 5 nitrogen and oxygen atoms in total. The first-order valence-electron chi connectivity index (χ1n) is 7.00. The second kappa shape index (κ2) is 5.51. The molecule has 1 aromatic heterocycles. The fourth-order valence-electron chi connectivity index (χ4n) is 2.81. The Kier molecular flexibility index (Phi) is 3.70. The lowest BCUT2D eigenvalue weighted by Gasteiger charge is -2.11. The minimum atomic E-state index is -2.82. The van der Waals surface area contributed by atoms with Crippen LogP contribution in [0.4, 0.5) is 0 Å². The molecule has 1 atom stereocenters. The molecule has 1 unspecified atom stereocenters. The normalized spacial score (nSPS) is 20.6. The Labute approximate surface area is 124 Å². The minimum absolute atomic E-state index is 0.0852. The number of nitriles is 1. The molecule has 0 bridgehead atoms. The van der Waals surface area contributed by atoms with Crippen molar-refractivity contribution in [1.29, 1.82) is 5.26 Å². The fourth-order valence-corrected chi connectivity index (χ4v) is 4.52. The van der Waals surface area contributed by atoms with Crippen LogP contribution >= 0.6 is 0 Å². The van der Waals surface area contributed by atoms with Crippen molar-refractivity contribution in [2.24, 2.45) is 0 Å². The Morgan fingerprint density at radius 2 is 2.24 bits per heavy atom. The highest BCUT2D eigenvalue weighted by Gasteiger charge is 2.26. The summed E-state index contributed by atoms with van der Waals surface area (Å²) in [5.41, 5.74) is 1.75. The standard InChI is InChI=1S/C15H17N3O2S/c16-10-12-1-2-15-13(9-12)3-6-18(15)7-5-17-14-4-8-21(19,20)11-14/h1-3,6,9,14,17H,4-5,7-8,11H2. The highest BCUT2D eigenvalue weighted by molar-refractivity contribution is 7.91. The first kappa shape index (κ1) is 14.1. The molecule has 0 radical (unpaired) electrons. The molecule has 1 aliphatic rings. The van der Waals surface area contributed by atoms with Crippen molar-refractivity contribution < 1.29 is 8.42 Å². The van der Waals surface area contributed by atoms with Crippen LogP contribution in [0.2, 0.25) is 0 Å². The summed E-state index contributed by atoms with van der Waals surface area (Å²) in [6.45, 7) is 1.52. The highest BCUT2D eigenvalue weighted by atomic mass is 32.2. The predicted molar refractivity (Wildman–Crippen MR) is 81.7 cm³/mol. The van der Waals surface area contributed by atoms with Gasteiger partial charge in [-0.3, -0.25) is 0 Å². The summed E-state index contributed by atoms with van der Waals surface area (Å²) in [7, 11) is -2.82. The molecule has 0 aliphatic carbocycles. The lowest BCUT2D eigenvalue weighted by atomic mass is 10.2. The largest absolute Gasteiger partial charge is 0.346 e. The summed E-state index contributed by atoms with van der Waals surface area (Å²) >= 11 is 0. The minimum Gasteiger partial charge on any atom is -0.346 e. The van der Waals surface area contributed by atoms with Crippen LogP contribution in [-0.4, -0.2) is 37.1 Å². The number of fused-ring (bicyclic) bond motifs is 1. The van der Waals surface area contributed by atoms with Gasteiger partial charge in [0.1, 0.15) is 0 Å². The molecule has 1 fully saturated rings. The van der Waals surface area contributed by atoms with Gasteiger partial charge in [0.15, 0.2) is 9.84 Å². The van der Waals surface area contributed by atoms with E-state index in [1.54, 1.807) is 0 Å². The van der Waals surface area contributed by atoms with E-state index in [4.69, 9.17) is 5.26 Å². The number of nitrogens with one attached hydrogen (secondary N) is 1. The maximum absolute atomic E-state index is 11.4. The first-order chi connectivity index (χ1) is 10.1. The third-order valence-electron chi connectivity index (χ3n) is 3.92. The van der Waals surface area contributed by atoms with Gasteiger partial charge in [-0.1, -0.05) is 0 Å². The second-order valence-electron chi connectivity index (χ2n) is 5.45. The van der Waals surface area contributed by atoms with Gasteiger partial charge in [0.05, 0.1) is 23.1 Å². The maximum Gasteiger partial charge on any atom is 0.151 e. The molecular formula is C15H17N3O2S. The molecule has 2 heterocycles. The van der Waals surface area contributed by atoms with Crippen molar-refractivity contribution in [3.05, 3.63) is 36.0 Å². The Hall–Kier alpha value is -1.84. The maximum atomic E-state index is 11.4. The number of hydrogen-bond donors (Lipinski definition) is 1. The van der Waals surface area contributed by atoms with Gasteiger partial charge in [-0.25, -0.2) is 8.42 Å². The molecule has 21 heavy (non-hydrogen) atoms. The molecule has 2 aromatic rings. The Balaban J connectivity index is 1.62. The predicted octanol–water partition coefficient (Wildman–Crippen LogP) is 1.29. The zero-order chi connectivity index (χ0) is 14.9. The molecule has 0 spiro atoms. The monoisotopic (exact) mass is 303 g/mol. The van der Waals surface area contributed by atoms with Gasteiger partial charge in [0, 0.05) is 36.2 Å². The summed E-state index contributed by atoms with van der Waals surface area (Å²) in [5.74, 6) is 0.555. The van der Waals surface area contributed by atoms with Crippen LogP contribution in [0.3, 0.4) is 0 Å². The lowest BCUT2D eigenvalue weighted by molar-refractivity contribution is 0.525. The molecule has 1 saturated heterocycles. The van der Waals surface area contributed by atoms with E-state index < -0.39 is 9.84 Å². The van der Waals surface area contributed by atoms with E-state index in [0.717, 1.165) is 24.0 Å². The van der Waals surface area contributed by atoms with Gasteiger partial charge in [0.25, 0.3) is 0 Å². The average molecular weight is 303 g/mol. The number of rotatable bonds is 4. The number of nitrogens with zero attached hydrogens (tertiary/aromatic N) is 2. The molecule has 1 aromatic carbocycles. The van der Waals surface area contributed by atoms with Gasteiger partial charge in [-0.2, -0.15) is 5.26 Å². The van der Waals surface area contributed by atoms with Gasteiger partial charge in [-0.15, -0.1) is 0 Å². The molecule has 110 valence electrons. The zero-order valence-corrected chi connectivity index (χ0v) is 12.4. The Morgan fingerprint density at radius 1 is 1.38 bits per heavy atom. The summed E-state index contributed by atoms with van der Waals surface area (Å²) in [6, 6.07) is 9.86. The van der Waals surface area contributed by atoms with Crippen LogP contribution in [0.25, 0.3) is 10.9 Å². The van der Waals surface area contributed by atoms with Crippen LogP contribution in [0.1, 0.15) is 12.0 Å². The summed E-state index contributed by atoms with van der Waals surface area (Å²) in [4.78, 5) is 0. The molecule has 0 saturated carbocycles. The van der Waals surface area contributed by atoms with E-state index >= 15 is 0 Å². The van der Waals surface area contributed by atoms with E-state index in [-0.39, 0.29) is 11.8 Å². The van der Waals surface area contributed by atoms with E-state index in [0.29, 0.717) is 17.7 Å². The summed E-state index contributed by atoms with van der Waals surface area (Å²) < 4.78 is 24.9. The molecule has 3 rings (SSSR count). The van der Waals surface area contributed by atoms with E-state index in [1.807, 2.05) is 30.5 Å². The van der Waals surface area contributed by atoms with E-state index in [1.165, 1.54) is 0 Å². The average Bonchev–Trinajstić information content (AvgIpc) is 3.02. The van der Waals surface area contributed by atoms with Crippen molar-refractivity contribution in [3.8, 4) is 6.07 Å². The van der Waals surface area contributed by atoms with E-state index in [9.17, 15) is 8.42 Å². The third-order valence-corrected chi connectivity index (χ3v) is 5.69. The van der Waals surface area contributed by atoms with Crippen molar-refractivity contribution in [2.45, 2.75) is 19.0 Å². The van der Waals surface area contributed by atoms with Crippen molar-refractivity contribution in [2.75, 3.05) is 18.1 Å². The summed E-state index contributed by atoms with van der Waals surface area (Å²) in [6.07, 6.45) is 2.71. The number of sulfone groups is 1. The van der Waals surface area contributed by atoms with E-state index in [2.05, 4.69) is 16.0 Å². The van der Waals surface area contributed by atoms with Crippen LogP contribution in [-0.2, 0) is 16.4 Å². The number of benzene rings is 1. The quantitative estimate of drug-likeness (QED) is 0.923. The molecule has 6 heteroatoms. The number of aromatic nitrogens is 1. The fraction of sp³-hybridized carbons (Fsp3) is 0.400. The first-order valence-corrected chi connectivity index (χ1v) is 8.82. The van der Waals surface area contributed by atoms with Gasteiger partial charge < -0.3 is 9.88 Å². The smallest absolute Gasteiger partial charge is 0.151 e. The summed E-state index contributed by atoms with van der Waals surface area (Å²) in [5, 5.41) is 13.3. The molecule has 1 aliphatic heterocycles. The van der Waals surface area contributed by atoms with Crippen LogP contribution < -0.4 is 5.32 Å². The van der Waals surface area contributed by atoms with Gasteiger partial charge in [-0.05, 0) is 30.7 Å². The topological polar surface area (TPSA) is 74.9 Å². The van der Waals surface area contributed by atoms with Gasteiger partial charge >= 0.3 is 0 Å². The molecular weight excluding hydrogens is 286 g/mol. The Bertz CT molecular complexity index is 802. The van der Waals surface area contributed by atoms with Crippen molar-refractivity contribution in [3.63, 3.8) is 0 Å². The third kappa shape index (κ3) is 3.09. The highest BCUT2D eigenvalue weighted by Crippen LogP contribution is 2.17. The van der Waals surface area contributed by atoms with Crippen LogP contribution in [0.5, 0.6) is 0 Å². The Morgan fingerprint density at radius 3 is 2.95 bits per heavy atom. The SMILES string of the molecule is N#Cc1ccc2c(ccn2CCNC2CCS(=O)(=O)C2)c1. The number of hydrogen-bond acceptors (Lipinski definition) is 4. The van der Waals surface area contributed by atoms with Gasteiger partial charge in [0.2, 0.25) is 0 Å². The van der Waals surface area contributed by atoms with Crippen LogP contribution in [0.15, 0.2) is 30.5 Å². The second-order valence-corrected chi connectivity index (χ2v) is 7.68. The van der Waals surface area contributed by atoms with Crippen LogP contribution in [0, 0.1) is 11.3 Å². The lowest BCUT2D eigenvalue weighted by Crippen LogP contribution is -2.32. The zero-order valence-electron chi connectivity index (χ0n) is 11.6. The van der Waals surface area contributed by atoms with Crippen molar-refractivity contribution in [1.82, 2.24) is 9.88 Å². The van der Waals surface area contributed by atoms with Crippen molar-refractivity contribution >= 4 is 20.7 Å². The molecule has 1 N–H and O–H groups in total.